The summed E-state index contributed by atoms with van der Waals surface area (Å²) in [5.41, 5.74) is 2.34. The first kappa shape index (κ1) is 16.8. The van der Waals surface area contributed by atoms with E-state index in [4.69, 9.17) is 11.6 Å². The maximum absolute atomic E-state index is 12.7. The van der Waals surface area contributed by atoms with E-state index in [1.54, 1.807) is 29.0 Å². The summed E-state index contributed by atoms with van der Waals surface area (Å²) in [7, 11) is 1.75. The van der Waals surface area contributed by atoms with Crippen LogP contribution < -0.4 is 0 Å². The van der Waals surface area contributed by atoms with Gasteiger partial charge in [0.25, 0.3) is 5.91 Å². The summed E-state index contributed by atoms with van der Waals surface area (Å²) >= 11 is 7.72. The van der Waals surface area contributed by atoms with Gasteiger partial charge in [0, 0.05) is 24.8 Å². The number of carbonyl (C=O) groups is 1. The molecule has 0 aliphatic rings. The number of rotatable bonds is 4. The second-order valence-electron chi connectivity index (χ2n) is 5.89. The molecule has 2 heterocycles. The van der Waals surface area contributed by atoms with Gasteiger partial charge in [-0.05, 0) is 23.8 Å². The monoisotopic (exact) mass is 382 g/mol. The van der Waals surface area contributed by atoms with Crippen molar-refractivity contribution in [3.05, 3.63) is 77.1 Å². The molecular formula is C19H15ClN4OS. The Morgan fingerprint density at radius 3 is 2.77 bits per heavy atom. The topological polar surface area (TPSA) is 51.0 Å². The Balaban J connectivity index is 1.55. The van der Waals surface area contributed by atoms with Crippen LogP contribution in [0.15, 0.2) is 60.9 Å². The summed E-state index contributed by atoms with van der Waals surface area (Å²) in [6, 6.07) is 15.4. The molecule has 0 aliphatic heterocycles. The number of fused-ring (bicyclic) bond motifs is 1. The zero-order chi connectivity index (χ0) is 18.1. The normalized spacial score (nSPS) is 11.0. The second kappa shape index (κ2) is 6.90. The summed E-state index contributed by atoms with van der Waals surface area (Å²) in [6.45, 7) is 0.435. The van der Waals surface area contributed by atoms with E-state index in [9.17, 15) is 4.79 Å². The SMILES string of the molecule is CN(Cc1ccccc1Cl)C(=O)c1cnn(-c2nc3ccccc3s2)c1. The lowest BCUT2D eigenvalue weighted by Gasteiger charge is -2.17. The summed E-state index contributed by atoms with van der Waals surface area (Å²) in [5.74, 6) is -0.114. The summed E-state index contributed by atoms with van der Waals surface area (Å²) in [5, 5.41) is 5.69. The number of halogens is 1. The number of nitrogens with zero attached hydrogens (tertiary/aromatic N) is 4. The molecule has 2 aromatic heterocycles. The predicted molar refractivity (Wildman–Crippen MR) is 104 cm³/mol. The van der Waals surface area contributed by atoms with Crippen LogP contribution in [0.3, 0.4) is 0 Å². The molecule has 0 radical (unpaired) electrons. The van der Waals surface area contributed by atoms with Gasteiger partial charge >= 0.3 is 0 Å². The highest BCUT2D eigenvalue weighted by Gasteiger charge is 2.16. The van der Waals surface area contributed by atoms with Crippen LogP contribution in [0.1, 0.15) is 15.9 Å². The van der Waals surface area contributed by atoms with Crippen molar-refractivity contribution in [2.45, 2.75) is 6.54 Å². The predicted octanol–water partition coefficient (Wildman–Crippen LogP) is 4.41. The first-order valence-electron chi connectivity index (χ1n) is 8.01. The Hall–Kier alpha value is -2.70. The fourth-order valence-electron chi connectivity index (χ4n) is 2.67. The van der Waals surface area contributed by atoms with Gasteiger partial charge in [0.15, 0.2) is 0 Å². The van der Waals surface area contributed by atoms with Crippen LogP contribution in [-0.2, 0) is 6.54 Å². The minimum absolute atomic E-state index is 0.114. The van der Waals surface area contributed by atoms with E-state index < -0.39 is 0 Å². The van der Waals surface area contributed by atoms with Gasteiger partial charge in [-0.3, -0.25) is 4.79 Å². The minimum atomic E-state index is -0.114. The lowest BCUT2D eigenvalue weighted by atomic mass is 10.2. The highest BCUT2D eigenvalue weighted by molar-refractivity contribution is 7.20. The lowest BCUT2D eigenvalue weighted by Crippen LogP contribution is -2.26. The molecule has 130 valence electrons. The quantitative estimate of drug-likeness (QED) is 0.525. The van der Waals surface area contributed by atoms with E-state index in [-0.39, 0.29) is 5.91 Å². The molecule has 0 atom stereocenters. The number of hydrogen-bond donors (Lipinski definition) is 0. The van der Waals surface area contributed by atoms with Crippen molar-refractivity contribution in [3.63, 3.8) is 0 Å². The number of hydrogen-bond acceptors (Lipinski definition) is 4. The molecule has 4 rings (SSSR count). The molecule has 0 aliphatic carbocycles. The molecule has 0 bridgehead atoms. The van der Waals surface area contributed by atoms with Crippen LogP contribution in [0.5, 0.6) is 0 Å². The summed E-state index contributed by atoms with van der Waals surface area (Å²) < 4.78 is 2.73. The molecular weight excluding hydrogens is 368 g/mol. The van der Waals surface area contributed by atoms with E-state index in [0.717, 1.165) is 20.9 Å². The van der Waals surface area contributed by atoms with Gasteiger partial charge in [-0.1, -0.05) is 53.3 Å². The fourth-order valence-corrected chi connectivity index (χ4v) is 3.76. The van der Waals surface area contributed by atoms with Crippen molar-refractivity contribution in [1.29, 1.82) is 0 Å². The van der Waals surface area contributed by atoms with Gasteiger partial charge in [-0.25, -0.2) is 9.67 Å². The fraction of sp³-hybridized carbons (Fsp3) is 0.105. The summed E-state index contributed by atoms with van der Waals surface area (Å²) in [6.07, 6.45) is 3.28. The van der Waals surface area contributed by atoms with Crippen molar-refractivity contribution in [2.75, 3.05) is 7.05 Å². The minimum Gasteiger partial charge on any atom is -0.337 e. The van der Waals surface area contributed by atoms with Crippen molar-refractivity contribution >= 4 is 39.1 Å². The average molecular weight is 383 g/mol. The standard InChI is InChI=1S/C19H15ClN4OS/c1-23(11-13-6-2-3-7-15(13)20)18(25)14-10-21-24(12-14)19-22-16-8-4-5-9-17(16)26-19/h2-10,12H,11H2,1H3. The Morgan fingerprint density at radius 2 is 1.96 bits per heavy atom. The van der Waals surface area contributed by atoms with E-state index in [2.05, 4.69) is 10.1 Å². The Morgan fingerprint density at radius 1 is 1.19 bits per heavy atom. The summed E-state index contributed by atoms with van der Waals surface area (Å²) in [4.78, 5) is 18.9. The smallest absolute Gasteiger partial charge is 0.257 e. The second-order valence-corrected chi connectivity index (χ2v) is 7.31. The Kier molecular flexibility index (Phi) is 4.44. The third kappa shape index (κ3) is 3.21. The van der Waals surface area contributed by atoms with Crippen molar-refractivity contribution in [3.8, 4) is 5.13 Å². The molecule has 2 aromatic carbocycles. The maximum atomic E-state index is 12.7. The average Bonchev–Trinajstić information content (AvgIpc) is 3.29. The van der Waals surface area contributed by atoms with E-state index in [1.165, 1.54) is 11.3 Å². The highest BCUT2D eigenvalue weighted by atomic mass is 35.5. The van der Waals surface area contributed by atoms with E-state index >= 15 is 0 Å². The molecule has 1 amide bonds. The molecule has 0 saturated carbocycles. The number of aromatic nitrogens is 3. The van der Waals surface area contributed by atoms with Crippen LogP contribution in [0.2, 0.25) is 5.02 Å². The first-order valence-corrected chi connectivity index (χ1v) is 9.21. The first-order chi connectivity index (χ1) is 12.6. The molecule has 0 fully saturated rings. The highest BCUT2D eigenvalue weighted by Crippen LogP contribution is 2.24. The van der Waals surface area contributed by atoms with Gasteiger partial charge in [-0.15, -0.1) is 0 Å². The number of amides is 1. The van der Waals surface area contributed by atoms with Crippen molar-refractivity contribution in [2.24, 2.45) is 0 Å². The molecule has 5 nitrogen and oxygen atoms in total. The number of thiazole rings is 1. The van der Waals surface area contributed by atoms with Crippen LogP contribution in [0.25, 0.3) is 15.3 Å². The van der Waals surface area contributed by atoms with Crippen LogP contribution in [0, 0.1) is 0 Å². The van der Waals surface area contributed by atoms with Gasteiger partial charge in [0.1, 0.15) is 0 Å². The Labute approximate surface area is 159 Å². The van der Waals surface area contributed by atoms with Gasteiger partial charge < -0.3 is 4.90 Å². The van der Waals surface area contributed by atoms with Crippen LogP contribution in [-0.4, -0.2) is 32.6 Å². The zero-order valence-corrected chi connectivity index (χ0v) is 15.5. The zero-order valence-electron chi connectivity index (χ0n) is 14.0. The van der Waals surface area contributed by atoms with Gasteiger partial charge in [-0.2, -0.15) is 5.10 Å². The number of benzene rings is 2. The van der Waals surface area contributed by atoms with Crippen LogP contribution in [0.4, 0.5) is 0 Å². The molecule has 7 heteroatoms. The third-order valence-corrected chi connectivity index (χ3v) is 5.41. The number of carbonyl (C=O) groups excluding carboxylic acids is 1. The van der Waals surface area contributed by atoms with Gasteiger partial charge in [0.05, 0.1) is 22.0 Å². The molecule has 26 heavy (non-hydrogen) atoms. The van der Waals surface area contributed by atoms with Crippen molar-refractivity contribution in [1.82, 2.24) is 19.7 Å². The number of para-hydroxylation sites is 1. The van der Waals surface area contributed by atoms with Crippen LogP contribution >= 0.6 is 22.9 Å². The van der Waals surface area contributed by atoms with Gasteiger partial charge in [0.2, 0.25) is 5.13 Å². The molecule has 0 spiro atoms. The maximum Gasteiger partial charge on any atom is 0.257 e. The molecule has 0 unspecified atom stereocenters. The van der Waals surface area contributed by atoms with E-state index in [0.29, 0.717) is 17.1 Å². The molecule has 0 saturated heterocycles. The third-order valence-electron chi connectivity index (χ3n) is 4.02. The Bertz CT molecular complexity index is 1050. The lowest BCUT2D eigenvalue weighted by molar-refractivity contribution is 0.0785. The largest absolute Gasteiger partial charge is 0.337 e. The molecule has 4 aromatic rings. The van der Waals surface area contributed by atoms with E-state index in [1.807, 2.05) is 48.5 Å². The van der Waals surface area contributed by atoms with Crippen molar-refractivity contribution < 1.29 is 4.79 Å². The molecule has 0 N–H and O–H groups in total.